The van der Waals surface area contributed by atoms with E-state index in [1.54, 1.807) is 31.5 Å². The first-order valence-electron chi connectivity index (χ1n) is 9.00. The summed E-state index contributed by atoms with van der Waals surface area (Å²) in [5.41, 5.74) is 3.70. The van der Waals surface area contributed by atoms with Crippen molar-refractivity contribution in [2.45, 2.75) is 13.5 Å². The number of benzene rings is 2. The lowest BCUT2D eigenvalue weighted by Gasteiger charge is -2.13. The fourth-order valence-corrected chi connectivity index (χ4v) is 3.11. The third kappa shape index (κ3) is 3.73. The molecule has 0 aliphatic heterocycles. The molecule has 0 unspecified atom stereocenters. The zero-order valence-electron chi connectivity index (χ0n) is 15.6. The Hall–Kier alpha value is -3.94. The molecule has 0 atom stereocenters. The van der Waals surface area contributed by atoms with Gasteiger partial charge in [-0.3, -0.25) is 0 Å². The molecule has 2 aromatic heterocycles. The number of carbonyl (C=O) groups is 1. The third-order valence-electron chi connectivity index (χ3n) is 4.48. The molecule has 0 fully saturated rings. The van der Waals surface area contributed by atoms with Crippen molar-refractivity contribution in [3.8, 4) is 28.4 Å². The predicted octanol–water partition coefficient (Wildman–Crippen LogP) is 3.69. The van der Waals surface area contributed by atoms with Gasteiger partial charge >= 0.3 is 5.97 Å². The number of aromatic carboxylic acids is 1. The summed E-state index contributed by atoms with van der Waals surface area (Å²) < 4.78 is 12.1. The van der Waals surface area contributed by atoms with E-state index < -0.39 is 5.97 Å². The highest BCUT2D eigenvalue weighted by molar-refractivity contribution is 5.97. The molecule has 2 heterocycles. The highest BCUT2D eigenvalue weighted by Crippen LogP contribution is 2.33. The van der Waals surface area contributed by atoms with Gasteiger partial charge in [0.25, 0.3) is 5.88 Å². The normalized spacial score (nSPS) is 10.8. The smallest absolute Gasteiger partial charge is 0.336 e. The van der Waals surface area contributed by atoms with E-state index in [9.17, 15) is 9.90 Å². The molecular formula is C21H18N4O4. The van der Waals surface area contributed by atoms with Crippen LogP contribution in [0.1, 0.15) is 16.1 Å². The van der Waals surface area contributed by atoms with Crippen LogP contribution in [0.15, 0.2) is 65.6 Å². The maximum absolute atomic E-state index is 11.8. The van der Waals surface area contributed by atoms with Gasteiger partial charge in [0.05, 0.1) is 29.8 Å². The maximum Gasteiger partial charge on any atom is 0.336 e. The molecular weight excluding hydrogens is 372 g/mol. The Kier molecular flexibility index (Phi) is 5.07. The van der Waals surface area contributed by atoms with E-state index in [1.165, 1.54) is 0 Å². The summed E-state index contributed by atoms with van der Waals surface area (Å²) >= 11 is 0. The van der Waals surface area contributed by atoms with E-state index in [1.807, 2.05) is 41.0 Å². The quantitative estimate of drug-likeness (QED) is 0.513. The van der Waals surface area contributed by atoms with Crippen molar-refractivity contribution in [1.82, 2.24) is 19.9 Å². The number of ether oxygens (including phenoxy) is 1. The summed E-state index contributed by atoms with van der Waals surface area (Å²) in [6.45, 7) is 2.47. The van der Waals surface area contributed by atoms with Crippen molar-refractivity contribution >= 4 is 5.97 Å². The van der Waals surface area contributed by atoms with Crippen molar-refractivity contribution in [3.05, 3.63) is 72.2 Å². The van der Waals surface area contributed by atoms with Gasteiger partial charge in [-0.05, 0) is 18.1 Å². The van der Waals surface area contributed by atoms with Crippen LogP contribution in [0.4, 0.5) is 0 Å². The van der Waals surface area contributed by atoms with Gasteiger partial charge in [0.1, 0.15) is 12.3 Å². The Labute approximate surface area is 166 Å². The Bertz CT molecular complexity index is 1130. The highest BCUT2D eigenvalue weighted by Gasteiger charge is 2.20. The molecule has 0 amide bonds. The van der Waals surface area contributed by atoms with Gasteiger partial charge in [0.2, 0.25) is 0 Å². The molecule has 2 aromatic carbocycles. The zero-order valence-corrected chi connectivity index (χ0v) is 15.6. The van der Waals surface area contributed by atoms with Gasteiger partial charge in [0.15, 0.2) is 0 Å². The van der Waals surface area contributed by atoms with Crippen LogP contribution in [-0.4, -0.2) is 37.5 Å². The molecule has 0 spiro atoms. The summed E-state index contributed by atoms with van der Waals surface area (Å²) in [6.07, 6.45) is 1.69. The fourth-order valence-electron chi connectivity index (χ4n) is 3.11. The number of rotatable bonds is 7. The number of carboxylic acids is 1. The number of imidazole rings is 1. The molecule has 0 saturated carbocycles. The average Bonchev–Trinajstić information content (AvgIpc) is 3.35. The van der Waals surface area contributed by atoms with Crippen molar-refractivity contribution in [3.63, 3.8) is 0 Å². The summed E-state index contributed by atoms with van der Waals surface area (Å²) in [7, 11) is 0. The second-order valence-corrected chi connectivity index (χ2v) is 6.36. The van der Waals surface area contributed by atoms with Crippen LogP contribution in [0.3, 0.4) is 0 Å². The standard InChI is InChI=1S/C21H18N4O4/c1-14-20(24-29-23-14)28-12-11-25-13-22-18(15-7-3-2-4-8-15)19(25)16-9-5-6-10-17(16)21(26)27/h2-10,13H,11-12H2,1H3,(H,26,27). The van der Waals surface area contributed by atoms with Crippen LogP contribution in [0, 0.1) is 6.92 Å². The minimum atomic E-state index is -0.993. The molecule has 4 aromatic rings. The third-order valence-corrected chi connectivity index (χ3v) is 4.48. The van der Waals surface area contributed by atoms with Gasteiger partial charge in [-0.1, -0.05) is 53.7 Å². The van der Waals surface area contributed by atoms with E-state index in [0.29, 0.717) is 41.7 Å². The van der Waals surface area contributed by atoms with E-state index in [4.69, 9.17) is 4.74 Å². The molecule has 4 rings (SSSR count). The number of hydrogen-bond donors (Lipinski definition) is 1. The van der Waals surface area contributed by atoms with Crippen molar-refractivity contribution in [2.75, 3.05) is 6.61 Å². The molecule has 0 saturated heterocycles. The molecule has 0 aliphatic rings. The largest absolute Gasteiger partial charge is 0.478 e. The number of nitrogens with zero attached hydrogens (tertiary/aromatic N) is 4. The average molecular weight is 390 g/mol. The zero-order chi connectivity index (χ0) is 20.2. The molecule has 146 valence electrons. The molecule has 8 nitrogen and oxygen atoms in total. The van der Waals surface area contributed by atoms with Crippen molar-refractivity contribution < 1.29 is 19.3 Å². The van der Waals surface area contributed by atoms with E-state index >= 15 is 0 Å². The summed E-state index contributed by atoms with van der Waals surface area (Å²) in [6, 6.07) is 16.6. The van der Waals surface area contributed by atoms with E-state index in [2.05, 4.69) is 19.9 Å². The maximum atomic E-state index is 11.8. The first kappa shape index (κ1) is 18.4. The SMILES string of the molecule is Cc1nonc1OCCn1cnc(-c2ccccc2)c1-c1ccccc1C(=O)O. The molecule has 0 radical (unpaired) electrons. The Morgan fingerprint density at radius 1 is 1.10 bits per heavy atom. The van der Waals surface area contributed by atoms with Crippen LogP contribution in [-0.2, 0) is 6.54 Å². The number of aryl methyl sites for hydroxylation is 1. The van der Waals surface area contributed by atoms with E-state index in [0.717, 1.165) is 5.56 Å². The van der Waals surface area contributed by atoms with Gasteiger partial charge in [-0.15, -0.1) is 0 Å². The molecule has 8 heteroatoms. The monoisotopic (exact) mass is 390 g/mol. The molecule has 29 heavy (non-hydrogen) atoms. The first-order chi connectivity index (χ1) is 14.1. The lowest BCUT2D eigenvalue weighted by Crippen LogP contribution is -2.10. The molecule has 0 bridgehead atoms. The summed E-state index contributed by atoms with van der Waals surface area (Å²) in [5.74, 6) is -0.659. The first-order valence-corrected chi connectivity index (χ1v) is 9.00. The van der Waals surface area contributed by atoms with Crippen molar-refractivity contribution in [2.24, 2.45) is 0 Å². The fraction of sp³-hybridized carbons (Fsp3) is 0.143. The number of carboxylic acid groups (broad SMARTS) is 1. The molecule has 1 N–H and O–H groups in total. The predicted molar refractivity (Wildman–Crippen MR) is 105 cm³/mol. The Morgan fingerprint density at radius 3 is 2.59 bits per heavy atom. The van der Waals surface area contributed by atoms with Crippen LogP contribution < -0.4 is 4.74 Å². The summed E-state index contributed by atoms with van der Waals surface area (Å²) in [4.78, 5) is 16.4. The topological polar surface area (TPSA) is 103 Å². The van der Waals surface area contributed by atoms with Gasteiger partial charge in [-0.2, -0.15) is 0 Å². The lowest BCUT2D eigenvalue weighted by molar-refractivity contribution is 0.0697. The number of aromatic nitrogens is 4. The van der Waals surface area contributed by atoms with Gasteiger partial charge in [0, 0.05) is 11.1 Å². The number of hydrogen-bond acceptors (Lipinski definition) is 6. The Morgan fingerprint density at radius 2 is 1.86 bits per heavy atom. The van der Waals surface area contributed by atoms with Gasteiger partial charge < -0.3 is 14.4 Å². The van der Waals surface area contributed by atoms with Crippen molar-refractivity contribution in [1.29, 1.82) is 0 Å². The lowest BCUT2D eigenvalue weighted by atomic mass is 10.00. The van der Waals surface area contributed by atoms with Gasteiger partial charge in [-0.25, -0.2) is 14.4 Å². The van der Waals surface area contributed by atoms with Crippen LogP contribution in [0.5, 0.6) is 5.88 Å². The Balaban J connectivity index is 1.73. The minimum Gasteiger partial charge on any atom is -0.478 e. The molecule has 0 aliphatic carbocycles. The highest BCUT2D eigenvalue weighted by atomic mass is 16.6. The van der Waals surface area contributed by atoms with Crippen LogP contribution in [0.25, 0.3) is 22.5 Å². The minimum absolute atomic E-state index is 0.212. The van der Waals surface area contributed by atoms with E-state index in [-0.39, 0.29) is 5.56 Å². The second-order valence-electron chi connectivity index (χ2n) is 6.36. The summed E-state index contributed by atoms with van der Waals surface area (Å²) in [5, 5.41) is 17.1. The van der Waals surface area contributed by atoms with Crippen LogP contribution in [0.2, 0.25) is 0 Å². The van der Waals surface area contributed by atoms with Crippen LogP contribution >= 0.6 is 0 Å². The second kappa shape index (κ2) is 7.97.